The molecule has 1 aromatic carbocycles. The zero-order chi connectivity index (χ0) is 14.9. The van der Waals surface area contributed by atoms with Crippen LogP contribution in [0.15, 0.2) is 36.7 Å². The molecule has 2 aromatic rings. The molecule has 0 saturated carbocycles. The van der Waals surface area contributed by atoms with Crippen molar-refractivity contribution < 1.29 is 4.79 Å². The number of unbranched alkanes of at least 4 members (excludes halogenated alkanes) is 3. The van der Waals surface area contributed by atoms with Crippen molar-refractivity contribution in [1.82, 2.24) is 15.0 Å². The predicted octanol–water partition coefficient (Wildman–Crippen LogP) is 2.54. The Kier molecular flexibility index (Phi) is 8.17. The van der Waals surface area contributed by atoms with Crippen molar-refractivity contribution in [1.29, 1.82) is 0 Å². The Morgan fingerprint density at radius 2 is 1.86 bits per heavy atom. The third-order valence-electron chi connectivity index (χ3n) is 3.20. The first kappa shape index (κ1) is 18.1. The van der Waals surface area contributed by atoms with Gasteiger partial charge in [0, 0.05) is 12.1 Å². The maximum atomic E-state index is 11.8. The van der Waals surface area contributed by atoms with E-state index in [1.165, 1.54) is 0 Å². The lowest BCUT2D eigenvalue weighted by Crippen LogP contribution is -2.11. The minimum Gasteiger partial charge on any atom is -0.330 e. The summed E-state index contributed by atoms with van der Waals surface area (Å²) < 4.78 is 1.67. The number of halogens is 1. The molecule has 0 bridgehead atoms. The number of nitrogens with one attached hydrogen (secondary N) is 1. The molecule has 1 heterocycles. The van der Waals surface area contributed by atoms with E-state index < -0.39 is 0 Å². The third-order valence-corrected chi connectivity index (χ3v) is 3.20. The van der Waals surface area contributed by atoms with Crippen molar-refractivity contribution in [2.24, 2.45) is 5.73 Å². The zero-order valence-corrected chi connectivity index (χ0v) is 13.3. The molecule has 0 atom stereocenters. The molecule has 3 N–H and O–H groups in total. The maximum Gasteiger partial charge on any atom is 0.224 e. The normalized spacial score (nSPS) is 10.0. The van der Waals surface area contributed by atoms with E-state index in [9.17, 15) is 4.79 Å². The number of nitrogens with zero attached hydrogens (tertiary/aromatic N) is 3. The summed E-state index contributed by atoms with van der Waals surface area (Å²) in [5.74, 6) is 0.0521. The van der Waals surface area contributed by atoms with Crippen LogP contribution < -0.4 is 11.1 Å². The second-order valence-corrected chi connectivity index (χ2v) is 4.90. The average Bonchev–Trinajstić information content (AvgIpc) is 3.02. The number of carbonyl (C=O) groups is 1. The molecule has 2 rings (SSSR count). The highest BCUT2D eigenvalue weighted by molar-refractivity contribution is 5.90. The van der Waals surface area contributed by atoms with E-state index in [0.29, 0.717) is 6.42 Å². The topological polar surface area (TPSA) is 85.8 Å². The molecular formula is C15H22ClN5O. The van der Waals surface area contributed by atoms with Gasteiger partial charge in [-0.25, -0.2) is 4.68 Å². The summed E-state index contributed by atoms with van der Waals surface area (Å²) >= 11 is 0. The molecular weight excluding hydrogens is 302 g/mol. The number of amides is 1. The van der Waals surface area contributed by atoms with E-state index in [1.807, 2.05) is 24.3 Å². The fourth-order valence-electron chi connectivity index (χ4n) is 2.05. The summed E-state index contributed by atoms with van der Waals surface area (Å²) in [7, 11) is 0. The maximum absolute atomic E-state index is 11.8. The molecule has 0 unspecified atom stereocenters. The highest BCUT2D eigenvalue weighted by Crippen LogP contribution is 2.13. The van der Waals surface area contributed by atoms with Crippen LogP contribution in [-0.4, -0.2) is 27.4 Å². The minimum absolute atomic E-state index is 0. The first-order chi connectivity index (χ1) is 10.3. The van der Waals surface area contributed by atoms with Crippen LogP contribution in [0.2, 0.25) is 0 Å². The molecule has 0 aliphatic heterocycles. The molecule has 1 amide bonds. The van der Waals surface area contributed by atoms with Gasteiger partial charge in [0.2, 0.25) is 5.91 Å². The number of carbonyl (C=O) groups excluding carboxylic acids is 1. The average molecular weight is 324 g/mol. The van der Waals surface area contributed by atoms with Crippen LogP contribution in [0.25, 0.3) is 5.69 Å². The monoisotopic (exact) mass is 323 g/mol. The number of hydrogen-bond donors (Lipinski definition) is 2. The SMILES string of the molecule is Cl.NCCCCCCC(=O)Nc1ccc(-n2ccnn2)cc1. The smallest absolute Gasteiger partial charge is 0.224 e. The van der Waals surface area contributed by atoms with E-state index in [0.717, 1.165) is 43.6 Å². The predicted molar refractivity (Wildman–Crippen MR) is 89.4 cm³/mol. The number of rotatable bonds is 8. The van der Waals surface area contributed by atoms with E-state index >= 15 is 0 Å². The zero-order valence-electron chi connectivity index (χ0n) is 12.4. The van der Waals surface area contributed by atoms with Gasteiger partial charge in [0.15, 0.2) is 0 Å². The fraction of sp³-hybridized carbons (Fsp3) is 0.400. The number of aromatic nitrogens is 3. The van der Waals surface area contributed by atoms with Crippen LogP contribution in [0.1, 0.15) is 32.1 Å². The first-order valence-electron chi connectivity index (χ1n) is 7.26. The van der Waals surface area contributed by atoms with Crippen molar-refractivity contribution in [2.45, 2.75) is 32.1 Å². The van der Waals surface area contributed by atoms with E-state index in [1.54, 1.807) is 17.1 Å². The van der Waals surface area contributed by atoms with Gasteiger partial charge in [0.05, 0.1) is 18.1 Å². The minimum atomic E-state index is 0. The summed E-state index contributed by atoms with van der Waals surface area (Å²) in [6.07, 6.45) is 8.03. The largest absolute Gasteiger partial charge is 0.330 e. The lowest BCUT2D eigenvalue weighted by atomic mass is 10.1. The Balaban J connectivity index is 0.00000242. The van der Waals surface area contributed by atoms with Gasteiger partial charge in [-0.05, 0) is 43.7 Å². The van der Waals surface area contributed by atoms with E-state index in [2.05, 4.69) is 15.6 Å². The van der Waals surface area contributed by atoms with Crippen molar-refractivity contribution in [3.63, 3.8) is 0 Å². The van der Waals surface area contributed by atoms with E-state index in [4.69, 9.17) is 5.73 Å². The molecule has 0 aliphatic rings. The summed E-state index contributed by atoms with van der Waals surface area (Å²) in [5.41, 5.74) is 7.14. The van der Waals surface area contributed by atoms with Gasteiger partial charge in [0.1, 0.15) is 0 Å². The highest BCUT2D eigenvalue weighted by atomic mass is 35.5. The molecule has 0 radical (unpaired) electrons. The van der Waals surface area contributed by atoms with Crippen molar-refractivity contribution in [2.75, 3.05) is 11.9 Å². The van der Waals surface area contributed by atoms with Crippen LogP contribution in [-0.2, 0) is 4.79 Å². The molecule has 0 spiro atoms. The van der Waals surface area contributed by atoms with Crippen molar-refractivity contribution in [3.05, 3.63) is 36.7 Å². The fourth-order valence-corrected chi connectivity index (χ4v) is 2.05. The molecule has 6 nitrogen and oxygen atoms in total. The molecule has 0 saturated heterocycles. The summed E-state index contributed by atoms with van der Waals surface area (Å²) in [6, 6.07) is 7.52. The van der Waals surface area contributed by atoms with Gasteiger partial charge in [-0.15, -0.1) is 17.5 Å². The molecule has 0 fully saturated rings. The second kappa shape index (κ2) is 9.92. The molecule has 0 aliphatic carbocycles. The third kappa shape index (κ3) is 5.83. The number of nitrogens with two attached hydrogens (primary N) is 1. The van der Waals surface area contributed by atoms with Gasteiger partial charge < -0.3 is 11.1 Å². The number of hydrogen-bond acceptors (Lipinski definition) is 4. The van der Waals surface area contributed by atoms with Crippen LogP contribution in [0.5, 0.6) is 0 Å². The molecule has 7 heteroatoms. The van der Waals surface area contributed by atoms with Gasteiger partial charge in [0.25, 0.3) is 0 Å². The van der Waals surface area contributed by atoms with E-state index in [-0.39, 0.29) is 18.3 Å². The van der Waals surface area contributed by atoms with Gasteiger partial charge >= 0.3 is 0 Å². The van der Waals surface area contributed by atoms with Crippen LogP contribution in [0.3, 0.4) is 0 Å². The van der Waals surface area contributed by atoms with Gasteiger partial charge in [-0.3, -0.25) is 4.79 Å². The van der Waals surface area contributed by atoms with Crippen molar-refractivity contribution >= 4 is 24.0 Å². The Hall–Kier alpha value is -1.92. The second-order valence-electron chi connectivity index (χ2n) is 4.90. The Bertz CT molecular complexity index is 542. The standard InChI is InChI=1S/C15H21N5O.ClH/c16-10-4-2-1-3-5-15(21)18-13-6-8-14(9-7-13)20-12-11-17-19-20;/h6-9,11-12H,1-5,10,16H2,(H,18,21);1H. The quantitative estimate of drug-likeness (QED) is 0.731. The summed E-state index contributed by atoms with van der Waals surface area (Å²) in [5, 5.41) is 10.6. The molecule has 1 aromatic heterocycles. The lowest BCUT2D eigenvalue weighted by Gasteiger charge is -2.06. The Morgan fingerprint density at radius 3 is 2.50 bits per heavy atom. The highest BCUT2D eigenvalue weighted by Gasteiger charge is 2.03. The molecule has 120 valence electrons. The van der Waals surface area contributed by atoms with Gasteiger partial charge in [-0.2, -0.15) is 0 Å². The summed E-state index contributed by atoms with van der Waals surface area (Å²) in [6.45, 7) is 0.727. The lowest BCUT2D eigenvalue weighted by molar-refractivity contribution is -0.116. The Labute approximate surface area is 136 Å². The van der Waals surface area contributed by atoms with Crippen molar-refractivity contribution in [3.8, 4) is 5.69 Å². The summed E-state index contributed by atoms with van der Waals surface area (Å²) in [4.78, 5) is 11.8. The number of benzene rings is 1. The van der Waals surface area contributed by atoms with Crippen LogP contribution in [0.4, 0.5) is 5.69 Å². The Morgan fingerprint density at radius 1 is 1.14 bits per heavy atom. The van der Waals surface area contributed by atoms with Gasteiger partial charge in [-0.1, -0.05) is 18.1 Å². The molecule has 22 heavy (non-hydrogen) atoms. The first-order valence-corrected chi connectivity index (χ1v) is 7.26. The van der Waals surface area contributed by atoms with Crippen LogP contribution in [0, 0.1) is 0 Å². The number of anilines is 1. The van der Waals surface area contributed by atoms with Crippen LogP contribution >= 0.6 is 12.4 Å².